The van der Waals surface area contributed by atoms with Gasteiger partial charge in [0.1, 0.15) is 5.75 Å². The van der Waals surface area contributed by atoms with E-state index >= 15 is 0 Å². The summed E-state index contributed by atoms with van der Waals surface area (Å²) in [5, 5.41) is 2.08. The topological polar surface area (TPSA) is 46.6 Å². The van der Waals surface area contributed by atoms with Crippen LogP contribution in [0.25, 0.3) is 0 Å². The zero-order valence-electron chi connectivity index (χ0n) is 14.3. The van der Waals surface area contributed by atoms with Gasteiger partial charge in [-0.15, -0.1) is 11.3 Å². The smallest absolute Gasteiger partial charge is 0.243 e. The van der Waals surface area contributed by atoms with Crippen LogP contribution >= 0.6 is 11.3 Å². The second-order valence-corrected chi connectivity index (χ2v) is 9.20. The van der Waals surface area contributed by atoms with Gasteiger partial charge in [-0.3, -0.25) is 0 Å². The quantitative estimate of drug-likeness (QED) is 0.824. The van der Waals surface area contributed by atoms with Crippen molar-refractivity contribution in [1.82, 2.24) is 4.31 Å². The summed E-state index contributed by atoms with van der Waals surface area (Å²) in [4.78, 5) is 1.73. The van der Waals surface area contributed by atoms with Crippen LogP contribution in [-0.4, -0.2) is 32.9 Å². The second-order valence-electron chi connectivity index (χ2n) is 6.28. The Balaban J connectivity index is 1.80. The van der Waals surface area contributed by atoms with Crippen LogP contribution in [0.15, 0.2) is 34.5 Å². The van der Waals surface area contributed by atoms with Gasteiger partial charge in [0.15, 0.2) is 0 Å². The van der Waals surface area contributed by atoms with E-state index in [1.807, 2.05) is 13.8 Å². The molecule has 1 saturated heterocycles. The lowest BCUT2D eigenvalue weighted by molar-refractivity contribution is 0.321. The first-order chi connectivity index (χ1) is 11.4. The molecule has 2 heterocycles. The zero-order valence-corrected chi connectivity index (χ0v) is 15.9. The number of sulfonamides is 1. The van der Waals surface area contributed by atoms with Crippen LogP contribution in [0.1, 0.15) is 34.8 Å². The van der Waals surface area contributed by atoms with E-state index in [-0.39, 0.29) is 0 Å². The summed E-state index contributed by atoms with van der Waals surface area (Å²) in [6, 6.07) is 7.64. The van der Waals surface area contributed by atoms with Crippen LogP contribution in [0.4, 0.5) is 0 Å². The fourth-order valence-corrected chi connectivity index (χ4v) is 5.98. The summed E-state index contributed by atoms with van der Waals surface area (Å²) >= 11 is 1.76. The van der Waals surface area contributed by atoms with Gasteiger partial charge in [-0.25, -0.2) is 8.42 Å². The van der Waals surface area contributed by atoms with Crippen LogP contribution in [0.5, 0.6) is 5.75 Å². The van der Waals surface area contributed by atoms with E-state index in [2.05, 4.69) is 17.5 Å². The Kier molecular flexibility index (Phi) is 4.99. The average molecular weight is 366 g/mol. The van der Waals surface area contributed by atoms with E-state index in [1.165, 1.54) is 4.88 Å². The molecular weight excluding hydrogens is 342 g/mol. The SMILES string of the molecule is COc1c(C)cc(S(=O)(=O)N2CCC(c3cccs3)CC2)cc1C. The first-order valence-electron chi connectivity index (χ1n) is 8.12. The minimum atomic E-state index is -3.44. The van der Waals surface area contributed by atoms with Crippen molar-refractivity contribution >= 4 is 21.4 Å². The lowest BCUT2D eigenvalue weighted by Crippen LogP contribution is -2.37. The Bertz CT molecular complexity index is 782. The van der Waals surface area contributed by atoms with Crippen molar-refractivity contribution in [2.45, 2.75) is 37.5 Å². The van der Waals surface area contributed by atoms with Gasteiger partial charge in [0.05, 0.1) is 12.0 Å². The lowest BCUT2D eigenvalue weighted by atomic mass is 9.97. The van der Waals surface area contributed by atoms with Crippen molar-refractivity contribution in [3.8, 4) is 5.75 Å². The van der Waals surface area contributed by atoms with Crippen LogP contribution in [-0.2, 0) is 10.0 Å². The molecule has 24 heavy (non-hydrogen) atoms. The van der Waals surface area contributed by atoms with Gasteiger partial charge in [-0.1, -0.05) is 6.07 Å². The van der Waals surface area contributed by atoms with Crippen molar-refractivity contribution in [2.24, 2.45) is 0 Å². The molecule has 1 aliphatic heterocycles. The minimum Gasteiger partial charge on any atom is -0.496 e. The molecule has 0 N–H and O–H groups in total. The molecule has 0 atom stereocenters. The van der Waals surface area contributed by atoms with E-state index in [9.17, 15) is 8.42 Å². The average Bonchev–Trinajstić information content (AvgIpc) is 3.09. The third-order valence-corrected chi connectivity index (χ3v) is 7.59. The molecule has 0 unspecified atom stereocenters. The van der Waals surface area contributed by atoms with Crippen molar-refractivity contribution in [1.29, 1.82) is 0 Å². The first kappa shape index (κ1) is 17.5. The van der Waals surface area contributed by atoms with Gasteiger partial charge in [0.2, 0.25) is 10.0 Å². The molecule has 0 amide bonds. The largest absolute Gasteiger partial charge is 0.496 e. The Morgan fingerprint density at radius 1 is 1.17 bits per heavy atom. The molecule has 1 fully saturated rings. The number of nitrogens with zero attached hydrogens (tertiary/aromatic N) is 1. The highest BCUT2D eigenvalue weighted by atomic mass is 32.2. The Morgan fingerprint density at radius 2 is 1.79 bits per heavy atom. The lowest BCUT2D eigenvalue weighted by Gasteiger charge is -2.31. The second kappa shape index (κ2) is 6.86. The normalized spacial score (nSPS) is 17.1. The fraction of sp³-hybridized carbons (Fsp3) is 0.444. The summed E-state index contributed by atoms with van der Waals surface area (Å²) in [5.41, 5.74) is 1.70. The van der Waals surface area contributed by atoms with E-state index in [0.717, 1.165) is 29.7 Å². The van der Waals surface area contributed by atoms with E-state index in [0.29, 0.717) is 23.9 Å². The minimum absolute atomic E-state index is 0.368. The number of piperidine rings is 1. The third-order valence-electron chi connectivity index (χ3n) is 4.68. The standard InChI is InChI=1S/C18H23NO3S2/c1-13-11-16(12-14(2)18(13)22-3)24(20,21)19-8-6-15(7-9-19)17-5-4-10-23-17/h4-5,10-12,15H,6-9H2,1-3H3. The number of thiophene rings is 1. The van der Waals surface area contributed by atoms with E-state index < -0.39 is 10.0 Å². The van der Waals surface area contributed by atoms with Crippen molar-refractivity contribution < 1.29 is 13.2 Å². The molecular formula is C18H23NO3S2. The Morgan fingerprint density at radius 3 is 2.29 bits per heavy atom. The molecule has 0 saturated carbocycles. The zero-order chi connectivity index (χ0) is 17.3. The Hall–Kier alpha value is -1.37. The highest BCUT2D eigenvalue weighted by Gasteiger charge is 2.30. The number of rotatable bonds is 4. The molecule has 0 radical (unpaired) electrons. The summed E-state index contributed by atoms with van der Waals surface area (Å²) in [7, 11) is -1.83. The highest BCUT2D eigenvalue weighted by Crippen LogP contribution is 2.34. The molecule has 6 heteroatoms. The van der Waals surface area contributed by atoms with Gasteiger partial charge in [-0.05, 0) is 67.3 Å². The molecule has 0 bridgehead atoms. The summed E-state index contributed by atoms with van der Waals surface area (Å²) in [5.74, 6) is 1.24. The monoisotopic (exact) mass is 365 g/mol. The number of methoxy groups -OCH3 is 1. The van der Waals surface area contributed by atoms with Gasteiger partial charge in [0.25, 0.3) is 0 Å². The number of hydrogen-bond donors (Lipinski definition) is 0. The van der Waals surface area contributed by atoms with Crippen molar-refractivity contribution in [3.63, 3.8) is 0 Å². The maximum Gasteiger partial charge on any atom is 0.243 e. The maximum atomic E-state index is 13.0. The van der Waals surface area contributed by atoms with Gasteiger partial charge < -0.3 is 4.74 Å². The van der Waals surface area contributed by atoms with Crippen molar-refractivity contribution in [2.75, 3.05) is 20.2 Å². The molecule has 3 rings (SSSR count). The number of benzene rings is 1. The molecule has 1 aromatic carbocycles. The van der Waals surface area contributed by atoms with Crippen molar-refractivity contribution in [3.05, 3.63) is 45.6 Å². The van der Waals surface area contributed by atoms with Crippen LogP contribution in [0.2, 0.25) is 0 Å². The molecule has 0 aliphatic carbocycles. The molecule has 130 valence electrons. The first-order valence-corrected chi connectivity index (χ1v) is 10.4. The highest BCUT2D eigenvalue weighted by molar-refractivity contribution is 7.89. The molecule has 4 nitrogen and oxygen atoms in total. The predicted molar refractivity (Wildman–Crippen MR) is 97.5 cm³/mol. The number of ether oxygens (including phenoxy) is 1. The van der Waals surface area contributed by atoms with Crippen LogP contribution < -0.4 is 4.74 Å². The third kappa shape index (κ3) is 3.23. The summed E-state index contributed by atoms with van der Waals surface area (Å²) in [6.45, 7) is 4.92. The number of hydrogen-bond acceptors (Lipinski definition) is 4. The van der Waals surface area contributed by atoms with Gasteiger partial charge >= 0.3 is 0 Å². The molecule has 0 spiro atoms. The van der Waals surface area contributed by atoms with Gasteiger partial charge in [0, 0.05) is 18.0 Å². The summed E-state index contributed by atoms with van der Waals surface area (Å²) < 4.78 is 32.9. The van der Waals surface area contributed by atoms with Crippen LogP contribution in [0, 0.1) is 13.8 Å². The van der Waals surface area contributed by atoms with Crippen LogP contribution in [0.3, 0.4) is 0 Å². The molecule has 1 aromatic heterocycles. The molecule has 1 aliphatic rings. The molecule has 2 aromatic rings. The van der Waals surface area contributed by atoms with E-state index in [1.54, 1.807) is 34.9 Å². The maximum absolute atomic E-state index is 13.0. The fourth-order valence-electron chi connectivity index (χ4n) is 3.43. The summed E-state index contributed by atoms with van der Waals surface area (Å²) in [6.07, 6.45) is 1.77. The Labute approximate surface area is 148 Å². The van der Waals surface area contributed by atoms with E-state index in [4.69, 9.17) is 4.74 Å². The predicted octanol–water partition coefficient (Wildman–Crippen LogP) is 3.94. The number of aryl methyl sites for hydroxylation is 2. The van der Waals surface area contributed by atoms with Gasteiger partial charge in [-0.2, -0.15) is 4.31 Å².